The zero-order chi connectivity index (χ0) is 37.8. The first kappa shape index (κ1) is 41.9. The van der Waals surface area contributed by atoms with Crippen molar-refractivity contribution in [3.8, 4) is 5.88 Å². The van der Waals surface area contributed by atoms with Crippen LogP contribution in [0.1, 0.15) is 98.0 Å². The van der Waals surface area contributed by atoms with Crippen molar-refractivity contribution in [2.75, 3.05) is 20.2 Å². The summed E-state index contributed by atoms with van der Waals surface area (Å²) in [4.78, 5) is 86.8. The van der Waals surface area contributed by atoms with Gasteiger partial charge in [-0.05, 0) is 42.1 Å². The summed E-state index contributed by atoms with van der Waals surface area (Å²) in [6.07, 6.45) is 4.61. The number of likely N-dealkylation sites (tertiary alicyclic amines) is 1. The van der Waals surface area contributed by atoms with Crippen LogP contribution in [0.25, 0.3) is 0 Å². The fraction of sp³-hybridized carbons (Fsp3) is 0.649. The Kier molecular flexibility index (Phi) is 16.1. The molecule has 50 heavy (non-hydrogen) atoms. The maximum absolute atomic E-state index is 14.4. The fourth-order valence-electron chi connectivity index (χ4n) is 6.12. The number of amides is 5. The number of aromatic nitrogens is 1. The van der Waals surface area contributed by atoms with Crippen LogP contribution in [0.2, 0.25) is 0 Å². The number of nitrogens with zero attached hydrogens (tertiary/aromatic N) is 2. The number of carbonyl (C=O) groups is 6. The van der Waals surface area contributed by atoms with Crippen LogP contribution in [0.4, 0.5) is 4.79 Å². The van der Waals surface area contributed by atoms with E-state index in [-0.39, 0.29) is 48.8 Å². The number of Topliss-reactive ketones (excluding diaryl/α,β-unsaturated/α-hetero) is 2. The number of unbranched alkanes of at least 4 members (excludes halogenated alkanes) is 2. The number of ketones is 2. The number of methoxy groups -OCH3 is 1. The molecule has 0 bridgehead atoms. The molecule has 13 nitrogen and oxygen atoms in total. The lowest BCUT2D eigenvalue weighted by Gasteiger charge is -2.37. The molecular formula is C37H58N6O7. The molecule has 5 amide bonds. The molecule has 0 aliphatic carbocycles. The maximum atomic E-state index is 14.4. The lowest BCUT2D eigenvalue weighted by atomic mass is 9.84. The number of rotatable bonds is 18. The molecule has 13 heteroatoms. The van der Waals surface area contributed by atoms with E-state index in [9.17, 15) is 28.8 Å². The van der Waals surface area contributed by atoms with Crippen LogP contribution in [-0.2, 0) is 19.2 Å². The Morgan fingerprint density at radius 1 is 1.04 bits per heavy atom. The SMILES string of the molecule is C=CCNC(=O)C(=O)C(CCCCC)NC(=O)[C@@H]1[C@@H](C(C)C)CCN1C(=O)[C@@H](NC(=O)N[C@H](C(=O)c1cccc(OC)n1)C(C)C)C(C)(C)C. The maximum Gasteiger partial charge on any atom is 0.316 e. The first-order valence-corrected chi connectivity index (χ1v) is 17.6. The van der Waals surface area contributed by atoms with Crippen LogP contribution in [0.15, 0.2) is 30.9 Å². The number of hydrogen-bond acceptors (Lipinski definition) is 8. The van der Waals surface area contributed by atoms with Gasteiger partial charge >= 0.3 is 6.03 Å². The monoisotopic (exact) mass is 698 g/mol. The third-order valence-electron chi connectivity index (χ3n) is 9.02. The van der Waals surface area contributed by atoms with Crippen molar-refractivity contribution in [2.45, 2.75) is 112 Å². The van der Waals surface area contributed by atoms with Crippen LogP contribution in [0.5, 0.6) is 5.88 Å². The second-order valence-corrected chi connectivity index (χ2v) is 14.7. The molecule has 0 spiro atoms. The molecule has 1 aromatic heterocycles. The van der Waals surface area contributed by atoms with Gasteiger partial charge in [-0.15, -0.1) is 6.58 Å². The molecule has 1 unspecified atom stereocenters. The van der Waals surface area contributed by atoms with E-state index in [0.29, 0.717) is 12.8 Å². The molecule has 2 heterocycles. The van der Waals surface area contributed by atoms with Crippen LogP contribution in [0.3, 0.4) is 0 Å². The molecule has 0 aromatic carbocycles. The van der Waals surface area contributed by atoms with Crippen molar-refractivity contribution in [1.82, 2.24) is 31.2 Å². The average Bonchev–Trinajstić information content (AvgIpc) is 3.52. The van der Waals surface area contributed by atoms with Crippen LogP contribution >= 0.6 is 0 Å². The summed E-state index contributed by atoms with van der Waals surface area (Å²) in [7, 11) is 1.44. The number of carbonyl (C=O) groups excluding carboxylic acids is 6. The van der Waals surface area contributed by atoms with Gasteiger partial charge in [-0.3, -0.25) is 24.0 Å². The van der Waals surface area contributed by atoms with Gasteiger partial charge in [0, 0.05) is 19.2 Å². The third kappa shape index (κ3) is 11.4. The smallest absolute Gasteiger partial charge is 0.316 e. The first-order chi connectivity index (χ1) is 23.5. The van der Waals surface area contributed by atoms with Crippen molar-refractivity contribution in [3.05, 3.63) is 36.5 Å². The Morgan fingerprint density at radius 3 is 2.28 bits per heavy atom. The summed E-state index contributed by atoms with van der Waals surface area (Å²) in [6.45, 7) is 18.9. The minimum atomic E-state index is -1.08. The Labute approximate surface area is 297 Å². The van der Waals surface area contributed by atoms with Crippen molar-refractivity contribution < 1.29 is 33.5 Å². The lowest BCUT2D eigenvalue weighted by Crippen LogP contribution is -2.62. The van der Waals surface area contributed by atoms with E-state index in [0.717, 1.165) is 12.8 Å². The Hall–Kier alpha value is -4.29. The van der Waals surface area contributed by atoms with Gasteiger partial charge in [-0.1, -0.05) is 86.8 Å². The number of pyridine rings is 1. The van der Waals surface area contributed by atoms with Gasteiger partial charge in [0.1, 0.15) is 17.8 Å². The van der Waals surface area contributed by atoms with Crippen LogP contribution in [0, 0.1) is 23.2 Å². The molecule has 1 fully saturated rings. The summed E-state index contributed by atoms with van der Waals surface area (Å²) in [5, 5.41) is 10.8. The standard InChI is InChI=1S/C37H58N6O7/c1-11-13-14-16-26(31(45)34(47)38-20-12-2)40-33(46)29-24(22(3)4)19-21-43(29)35(48)32(37(7,8)9)42-36(49)41-28(23(5)6)30(44)25-17-15-18-27(39-25)50-10/h12,15,17-18,22-24,26,28-29,32H,2,11,13-14,16,19-21H2,1,3-10H3,(H,38,47)(H,40,46)(H2,41,42,49)/t24-,26?,28+,29+,32-/m1/s1. The zero-order valence-corrected chi connectivity index (χ0v) is 31.3. The van der Waals surface area contributed by atoms with E-state index >= 15 is 0 Å². The van der Waals surface area contributed by atoms with Crippen molar-refractivity contribution in [3.63, 3.8) is 0 Å². The number of hydrogen-bond donors (Lipinski definition) is 4. The average molecular weight is 699 g/mol. The molecule has 1 aromatic rings. The van der Waals surface area contributed by atoms with Gasteiger partial charge in [-0.2, -0.15) is 0 Å². The second-order valence-electron chi connectivity index (χ2n) is 14.7. The summed E-state index contributed by atoms with van der Waals surface area (Å²) >= 11 is 0. The molecular weight excluding hydrogens is 640 g/mol. The summed E-state index contributed by atoms with van der Waals surface area (Å²) in [5.41, 5.74) is -0.666. The van der Waals surface area contributed by atoms with E-state index in [1.807, 2.05) is 20.8 Å². The predicted octanol–water partition coefficient (Wildman–Crippen LogP) is 3.82. The minimum absolute atomic E-state index is 0.0149. The number of urea groups is 1. The molecule has 1 saturated heterocycles. The minimum Gasteiger partial charge on any atom is -0.481 e. The Morgan fingerprint density at radius 2 is 1.72 bits per heavy atom. The van der Waals surface area contributed by atoms with Gasteiger partial charge < -0.3 is 30.9 Å². The van der Waals surface area contributed by atoms with E-state index < -0.39 is 64.9 Å². The van der Waals surface area contributed by atoms with Crippen molar-refractivity contribution in [2.24, 2.45) is 23.2 Å². The highest BCUT2D eigenvalue weighted by Gasteiger charge is 2.48. The molecule has 278 valence electrons. The molecule has 0 radical (unpaired) electrons. The lowest BCUT2D eigenvalue weighted by molar-refractivity contribution is -0.144. The van der Waals surface area contributed by atoms with E-state index in [1.54, 1.807) is 52.8 Å². The van der Waals surface area contributed by atoms with Gasteiger partial charge in [-0.25, -0.2) is 9.78 Å². The Bertz CT molecular complexity index is 1370. The summed E-state index contributed by atoms with van der Waals surface area (Å²) in [6, 6.07) is 0.0536. The van der Waals surface area contributed by atoms with Gasteiger partial charge in [0.25, 0.3) is 5.91 Å². The Balaban J connectivity index is 2.36. The zero-order valence-electron chi connectivity index (χ0n) is 31.3. The van der Waals surface area contributed by atoms with Crippen molar-refractivity contribution in [1.29, 1.82) is 0 Å². The highest BCUT2D eigenvalue weighted by Crippen LogP contribution is 2.33. The van der Waals surface area contributed by atoms with Gasteiger partial charge in [0.15, 0.2) is 0 Å². The van der Waals surface area contributed by atoms with E-state index in [1.165, 1.54) is 18.1 Å². The number of nitrogens with one attached hydrogen (secondary N) is 4. The van der Waals surface area contributed by atoms with Crippen LogP contribution < -0.4 is 26.0 Å². The first-order valence-electron chi connectivity index (χ1n) is 17.6. The predicted molar refractivity (Wildman–Crippen MR) is 191 cm³/mol. The fourth-order valence-corrected chi connectivity index (χ4v) is 6.12. The topological polar surface area (TPSA) is 176 Å². The quantitative estimate of drug-likeness (QED) is 0.0775. The molecule has 2 rings (SSSR count). The van der Waals surface area contributed by atoms with Gasteiger partial charge in [0.05, 0.1) is 19.2 Å². The van der Waals surface area contributed by atoms with E-state index in [2.05, 4.69) is 32.8 Å². The molecule has 0 saturated carbocycles. The second kappa shape index (κ2) is 19.2. The van der Waals surface area contributed by atoms with Crippen molar-refractivity contribution >= 4 is 35.3 Å². The molecule has 4 N–H and O–H groups in total. The number of ether oxygens (including phenoxy) is 1. The highest BCUT2D eigenvalue weighted by atomic mass is 16.5. The molecule has 1 aliphatic heterocycles. The van der Waals surface area contributed by atoms with E-state index in [4.69, 9.17) is 4.74 Å². The molecule has 5 atom stereocenters. The summed E-state index contributed by atoms with van der Waals surface area (Å²) < 4.78 is 5.15. The summed E-state index contributed by atoms with van der Waals surface area (Å²) in [5.74, 6) is -3.22. The third-order valence-corrected chi connectivity index (χ3v) is 9.02. The van der Waals surface area contributed by atoms with Crippen LogP contribution in [-0.4, -0.2) is 89.6 Å². The molecule has 1 aliphatic rings. The normalized spacial score (nSPS) is 17.8. The highest BCUT2D eigenvalue weighted by molar-refractivity contribution is 6.38. The largest absolute Gasteiger partial charge is 0.481 e. The van der Waals surface area contributed by atoms with Gasteiger partial charge in [0.2, 0.25) is 29.3 Å².